The number of piperidine rings is 1. The molecular weight excluding hydrogens is 346 g/mol. The lowest BCUT2D eigenvalue weighted by Crippen LogP contribution is -2.44. The Kier molecular flexibility index (Phi) is 5.78. The van der Waals surface area contributed by atoms with Crippen LogP contribution in [-0.4, -0.2) is 35.0 Å². The molecule has 7 heteroatoms. The molecule has 0 aliphatic carbocycles. The average molecular weight is 371 g/mol. The highest BCUT2D eigenvalue weighted by Gasteiger charge is 2.26. The highest BCUT2D eigenvalue weighted by atomic mass is 16.5. The van der Waals surface area contributed by atoms with Gasteiger partial charge in [-0.1, -0.05) is 17.3 Å². The first-order chi connectivity index (χ1) is 12.9. The molecule has 0 saturated carbocycles. The van der Waals surface area contributed by atoms with Crippen molar-refractivity contribution >= 4 is 11.8 Å². The normalized spacial score (nSPS) is 17.0. The van der Waals surface area contributed by atoms with Crippen LogP contribution in [-0.2, 0) is 22.6 Å². The number of ether oxygens (including phenoxy) is 1. The summed E-state index contributed by atoms with van der Waals surface area (Å²) >= 11 is 0. The molecule has 0 spiro atoms. The highest BCUT2D eigenvalue weighted by molar-refractivity contribution is 5.81. The highest BCUT2D eigenvalue weighted by Crippen LogP contribution is 2.20. The van der Waals surface area contributed by atoms with Crippen LogP contribution in [0.25, 0.3) is 0 Å². The molecule has 0 unspecified atom stereocenters. The number of benzene rings is 1. The molecule has 1 aliphatic heterocycles. The van der Waals surface area contributed by atoms with Gasteiger partial charge in [0.1, 0.15) is 18.1 Å². The number of aromatic nitrogens is 1. The molecule has 2 N–H and O–H groups in total. The molecule has 27 heavy (non-hydrogen) atoms. The van der Waals surface area contributed by atoms with E-state index >= 15 is 0 Å². The van der Waals surface area contributed by atoms with Crippen LogP contribution >= 0.6 is 0 Å². The van der Waals surface area contributed by atoms with Gasteiger partial charge in [0.2, 0.25) is 11.8 Å². The third kappa shape index (κ3) is 4.67. The van der Waals surface area contributed by atoms with Crippen LogP contribution in [0.4, 0.5) is 0 Å². The summed E-state index contributed by atoms with van der Waals surface area (Å²) < 4.78 is 10.9. The first-order valence-electron chi connectivity index (χ1n) is 9.14. The van der Waals surface area contributed by atoms with Crippen LogP contribution in [0.15, 0.2) is 28.8 Å². The molecule has 1 aliphatic rings. The Morgan fingerprint density at radius 1 is 1.30 bits per heavy atom. The molecule has 0 bridgehead atoms. The van der Waals surface area contributed by atoms with Gasteiger partial charge in [-0.05, 0) is 44.4 Å². The Bertz CT molecular complexity index is 794. The Labute approximate surface area is 158 Å². The quantitative estimate of drug-likeness (QED) is 0.839. The summed E-state index contributed by atoms with van der Waals surface area (Å²) in [6.45, 7) is 5.24. The summed E-state index contributed by atoms with van der Waals surface area (Å²) in [6, 6.07) is 7.47. The van der Waals surface area contributed by atoms with Gasteiger partial charge in [-0.15, -0.1) is 0 Å². The standard InChI is InChI=1S/C20H25N3O4/c1-13-18(14(2)27-22-13)12-26-17-7-5-15(6-8-17)10-19(24)23-9-3-4-16(11-23)20(21)25/h5-8,16H,3-4,9-12H2,1-2H3,(H2,21,25)/t16-/m1/s1. The molecule has 144 valence electrons. The van der Waals surface area contributed by atoms with Crippen molar-refractivity contribution in [2.45, 2.75) is 39.7 Å². The van der Waals surface area contributed by atoms with Crippen LogP contribution in [0.5, 0.6) is 5.75 Å². The lowest BCUT2D eigenvalue weighted by atomic mass is 9.97. The van der Waals surface area contributed by atoms with Gasteiger partial charge >= 0.3 is 0 Å². The first kappa shape index (κ1) is 18.9. The minimum absolute atomic E-state index is 0.0188. The molecule has 1 aromatic carbocycles. The number of carbonyl (C=O) groups excluding carboxylic acids is 2. The zero-order chi connectivity index (χ0) is 19.4. The zero-order valence-corrected chi connectivity index (χ0v) is 15.7. The van der Waals surface area contributed by atoms with Gasteiger partial charge in [0.05, 0.1) is 23.6 Å². The molecule has 2 amide bonds. The Morgan fingerprint density at radius 2 is 2.04 bits per heavy atom. The molecule has 0 radical (unpaired) electrons. The molecule has 1 aromatic heterocycles. The topological polar surface area (TPSA) is 98.7 Å². The second-order valence-corrected chi connectivity index (χ2v) is 6.99. The summed E-state index contributed by atoms with van der Waals surface area (Å²) in [4.78, 5) is 25.6. The molecule has 7 nitrogen and oxygen atoms in total. The van der Waals surface area contributed by atoms with Crippen LogP contribution in [0.1, 0.15) is 35.4 Å². The van der Waals surface area contributed by atoms with Crippen molar-refractivity contribution in [3.63, 3.8) is 0 Å². The van der Waals surface area contributed by atoms with Gasteiger partial charge in [-0.25, -0.2) is 0 Å². The third-order valence-corrected chi connectivity index (χ3v) is 5.02. The zero-order valence-electron chi connectivity index (χ0n) is 15.7. The van der Waals surface area contributed by atoms with Crippen LogP contribution in [0.3, 0.4) is 0 Å². The van der Waals surface area contributed by atoms with Gasteiger partial charge in [-0.3, -0.25) is 9.59 Å². The fourth-order valence-corrected chi connectivity index (χ4v) is 3.29. The number of nitrogens with zero attached hydrogens (tertiary/aromatic N) is 2. The Morgan fingerprint density at radius 3 is 2.67 bits per heavy atom. The maximum Gasteiger partial charge on any atom is 0.227 e. The predicted octanol–water partition coefficient (Wildman–Crippen LogP) is 2.14. The van der Waals surface area contributed by atoms with E-state index in [1.165, 1.54) is 0 Å². The fraction of sp³-hybridized carbons (Fsp3) is 0.450. The summed E-state index contributed by atoms with van der Waals surface area (Å²) in [5.74, 6) is 0.934. The fourth-order valence-electron chi connectivity index (χ4n) is 3.29. The largest absolute Gasteiger partial charge is 0.489 e. The number of likely N-dealkylation sites (tertiary alicyclic amines) is 1. The van der Waals surface area contributed by atoms with Crippen molar-refractivity contribution in [2.75, 3.05) is 13.1 Å². The number of aryl methyl sites for hydroxylation is 2. The minimum Gasteiger partial charge on any atom is -0.489 e. The molecule has 1 atom stereocenters. The molecule has 2 aromatic rings. The van der Waals surface area contributed by atoms with Crippen LogP contribution < -0.4 is 10.5 Å². The van der Waals surface area contributed by atoms with Crippen LogP contribution in [0.2, 0.25) is 0 Å². The van der Waals surface area contributed by atoms with Crippen molar-refractivity contribution in [1.82, 2.24) is 10.1 Å². The summed E-state index contributed by atoms with van der Waals surface area (Å²) in [5, 5.41) is 3.91. The SMILES string of the molecule is Cc1noc(C)c1COc1ccc(CC(=O)N2CCC[C@@H](C(N)=O)C2)cc1. The van der Waals surface area contributed by atoms with Crippen molar-refractivity contribution in [1.29, 1.82) is 0 Å². The van der Waals surface area contributed by atoms with Crippen molar-refractivity contribution in [3.05, 3.63) is 46.8 Å². The molecule has 2 heterocycles. The lowest BCUT2D eigenvalue weighted by Gasteiger charge is -2.31. The smallest absolute Gasteiger partial charge is 0.227 e. The van der Waals surface area contributed by atoms with E-state index in [-0.39, 0.29) is 17.7 Å². The lowest BCUT2D eigenvalue weighted by molar-refractivity contribution is -0.134. The molecule has 1 fully saturated rings. The van der Waals surface area contributed by atoms with E-state index in [0.717, 1.165) is 41.2 Å². The van der Waals surface area contributed by atoms with E-state index in [1.807, 2.05) is 38.1 Å². The van der Waals surface area contributed by atoms with E-state index in [4.69, 9.17) is 15.0 Å². The van der Waals surface area contributed by atoms with E-state index in [9.17, 15) is 9.59 Å². The maximum atomic E-state index is 12.5. The number of amides is 2. The number of hydrogen-bond acceptors (Lipinski definition) is 5. The number of carbonyl (C=O) groups is 2. The third-order valence-electron chi connectivity index (χ3n) is 5.02. The molecular formula is C20H25N3O4. The van der Waals surface area contributed by atoms with Crippen molar-refractivity contribution < 1.29 is 18.8 Å². The summed E-state index contributed by atoms with van der Waals surface area (Å²) in [5.41, 5.74) is 8.06. The predicted molar refractivity (Wildman–Crippen MR) is 99.0 cm³/mol. The number of nitrogens with two attached hydrogens (primary N) is 1. The first-order valence-corrected chi connectivity index (χ1v) is 9.14. The summed E-state index contributed by atoms with van der Waals surface area (Å²) in [6.07, 6.45) is 1.87. The van der Waals surface area contributed by atoms with Gasteiger partial charge < -0.3 is 19.9 Å². The number of primary amides is 1. The van der Waals surface area contributed by atoms with Gasteiger partial charge in [-0.2, -0.15) is 0 Å². The van der Waals surface area contributed by atoms with E-state index < -0.39 is 0 Å². The Balaban J connectivity index is 1.54. The molecule has 1 saturated heterocycles. The van der Waals surface area contributed by atoms with E-state index in [2.05, 4.69) is 5.16 Å². The van der Waals surface area contributed by atoms with Gasteiger partial charge in [0.25, 0.3) is 0 Å². The monoisotopic (exact) mass is 371 g/mol. The number of hydrogen-bond donors (Lipinski definition) is 1. The van der Waals surface area contributed by atoms with Gasteiger partial charge in [0, 0.05) is 13.1 Å². The van der Waals surface area contributed by atoms with Crippen molar-refractivity contribution in [2.24, 2.45) is 11.7 Å². The Hall–Kier alpha value is -2.83. The maximum absolute atomic E-state index is 12.5. The second kappa shape index (κ2) is 8.24. The van der Waals surface area contributed by atoms with Gasteiger partial charge in [0.15, 0.2) is 0 Å². The molecule has 3 rings (SSSR count). The second-order valence-electron chi connectivity index (χ2n) is 6.99. The number of rotatable bonds is 6. The van der Waals surface area contributed by atoms with E-state index in [1.54, 1.807) is 4.90 Å². The van der Waals surface area contributed by atoms with E-state index in [0.29, 0.717) is 26.1 Å². The minimum atomic E-state index is -0.327. The van der Waals surface area contributed by atoms with Crippen molar-refractivity contribution in [3.8, 4) is 5.75 Å². The summed E-state index contributed by atoms with van der Waals surface area (Å²) in [7, 11) is 0. The average Bonchev–Trinajstić information content (AvgIpc) is 2.99. The van der Waals surface area contributed by atoms with Crippen LogP contribution in [0, 0.1) is 19.8 Å².